The third-order valence-electron chi connectivity index (χ3n) is 20.7. The Kier molecular flexibility index (Phi) is 11.1. The Bertz CT molecular complexity index is 5730. The molecule has 21 rings (SSSR count). The van der Waals surface area contributed by atoms with Crippen molar-refractivity contribution < 1.29 is 8.83 Å². The zero-order valence-corrected chi connectivity index (χ0v) is 51.6. The summed E-state index contributed by atoms with van der Waals surface area (Å²) < 4.78 is 15.1. The molecule has 13 aromatic carbocycles. The molecule has 0 amide bonds. The molecule has 2 aromatic heterocycles. The Labute approximate surface area is 550 Å². The van der Waals surface area contributed by atoms with Gasteiger partial charge in [0.05, 0.1) is 28.4 Å². The number of anilines is 15. The minimum absolute atomic E-state index is 0.355. The second-order valence-electron chi connectivity index (χ2n) is 25.7. The topological polar surface area (TPSA) is 42.5 Å². The van der Waals surface area contributed by atoms with Gasteiger partial charge in [0.15, 0.2) is 0 Å². The molecule has 442 valence electrons. The van der Waals surface area contributed by atoms with Crippen LogP contribution in [0.2, 0.25) is 0 Å². The summed E-state index contributed by atoms with van der Waals surface area (Å²) >= 11 is 0. The van der Waals surface area contributed by atoms with E-state index in [9.17, 15) is 0 Å². The van der Waals surface area contributed by atoms with E-state index >= 15 is 0 Å². The first-order valence-corrected chi connectivity index (χ1v) is 33.0. The monoisotopic (exact) mass is 1210 g/mol. The van der Waals surface area contributed by atoms with Crippen molar-refractivity contribution >= 4 is 170 Å². The van der Waals surface area contributed by atoms with Crippen LogP contribution in [-0.4, -0.2) is 13.4 Å². The molecule has 6 heterocycles. The molecule has 0 saturated carbocycles. The van der Waals surface area contributed by atoms with Gasteiger partial charge in [0, 0.05) is 79.0 Å². The van der Waals surface area contributed by atoms with Gasteiger partial charge in [0.25, 0.3) is 13.4 Å². The van der Waals surface area contributed by atoms with E-state index in [4.69, 9.17) is 8.83 Å². The first-order chi connectivity index (χ1) is 47.2. The molecule has 7 nitrogen and oxygen atoms in total. The number of para-hydroxylation sites is 8. The lowest BCUT2D eigenvalue weighted by Crippen LogP contribution is -2.65. The zero-order valence-electron chi connectivity index (χ0n) is 51.6. The summed E-state index contributed by atoms with van der Waals surface area (Å²) in [6.07, 6.45) is 8.92. The van der Waals surface area contributed by atoms with Crippen LogP contribution in [0.5, 0.6) is 0 Å². The lowest BCUT2D eigenvalue weighted by molar-refractivity contribution is 0.651. The predicted octanol–water partition coefficient (Wildman–Crippen LogP) is 18.7. The first kappa shape index (κ1) is 52.4. The molecule has 2 aliphatic carbocycles. The van der Waals surface area contributed by atoms with Gasteiger partial charge in [-0.25, -0.2) is 0 Å². The van der Waals surface area contributed by atoms with E-state index in [0.29, 0.717) is 0 Å². The summed E-state index contributed by atoms with van der Waals surface area (Å²) in [4.78, 5) is 12.5. The fraction of sp³-hybridized carbons (Fsp3) is 0.0233. The molecule has 0 atom stereocenters. The largest absolute Gasteiger partial charge is 0.468 e. The molecule has 0 fully saturated rings. The van der Waals surface area contributed by atoms with Crippen LogP contribution >= 0.6 is 0 Å². The molecule has 4 aliphatic heterocycles. The van der Waals surface area contributed by atoms with Gasteiger partial charge in [-0.05, 0) is 212 Å². The normalized spacial score (nSPS) is 14.1. The average molecular weight is 1210 g/mol. The summed E-state index contributed by atoms with van der Waals surface area (Å²) in [6, 6.07) is 107. The van der Waals surface area contributed by atoms with Gasteiger partial charge >= 0.3 is 0 Å². The quantitative estimate of drug-likeness (QED) is 0.140. The van der Waals surface area contributed by atoms with Gasteiger partial charge in [-0.3, -0.25) is 0 Å². The molecule has 0 unspecified atom stereocenters. The van der Waals surface area contributed by atoms with Crippen molar-refractivity contribution in [3.05, 3.63) is 326 Å². The van der Waals surface area contributed by atoms with Crippen LogP contribution in [0.1, 0.15) is 16.7 Å². The van der Waals surface area contributed by atoms with Crippen molar-refractivity contribution in [3.8, 4) is 11.1 Å². The smallest absolute Gasteiger partial charge is 0.297 e. The van der Waals surface area contributed by atoms with Gasteiger partial charge in [0.2, 0.25) is 0 Å². The maximum Gasteiger partial charge on any atom is 0.297 e. The van der Waals surface area contributed by atoms with Gasteiger partial charge in [0.1, 0.15) is 11.2 Å². The molecule has 6 aliphatic rings. The SMILES string of the molecule is C1=CC2=CCc3cccc4cc(-c5cc6c7c(c5)N(c5ccccc5)c5c(oc8ccccc58)B7c5cc7c(cc5N6c5ccccc5)N(c5ccccc5)c5cc(N(c6ccccc6)c6ccccc6)cc6c5B7c5oc7ccccc7c5N6c5ccccc5)c(c2c34)C1. The van der Waals surface area contributed by atoms with E-state index in [2.05, 4.69) is 334 Å². The Morgan fingerprint density at radius 3 is 1.35 bits per heavy atom. The standard InChI is InChI=1S/C86H55B2N5O2/c1-7-28-58(29-8-1)89(59-30-9-2-10-31-59)64-50-75-82-76(51-64)93(63-38-17-6-18-39-63)84-67-41-20-22-44-78(67)95-86(84)88(82)70-52-69-71(53-72(70)91(75)61-34-13-4-14-35-61)90(60-32-11-3-12-33-60)73-48-57(68-47-56-27-23-25-54-45-46-55-26-24-42-65(68)80(55)79(54)56)49-74-81(73)87(69)85-83(66-40-19-21-43-77(66)94-85)92(74)62-36-15-5-16-37-62/h1-41,43-44,46-53H,42,45H2. The number of rotatable bonds is 8. The Morgan fingerprint density at radius 1 is 0.368 bits per heavy atom. The van der Waals surface area contributed by atoms with Crippen molar-refractivity contribution in [1.29, 1.82) is 0 Å². The van der Waals surface area contributed by atoms with Crippen LogP contribution in [0, 0.1) is 0 Å². The van der Waals surface area contributed by atoms with Crippen molar-refractivity contribution in [2.75, 3.05) is 24.5 Å². The lowest BCUT2D eigenvalue weighted by Gasteiger charge is -2.46. The molecule has 0 spiro atoms. The average Bonchev–Trinajstić information content (AvgIpc) is 1.67. The molecular weight excluding hydrogens is 1160 g/mol. The highest BCUT2D eigenvalue weighted by Crippen LogP contribution is 2.54. The van der Waals surface area contributed by atoms with Crippen LogP contribution < -0.4 is 57.7 Å². The highest BCUT2D eigenvalue weighted by molar-refractivity contribution is 7.02. The Morgan fingerprint density at radius 2 is 0.821 bits per heavy atom. The summed E-state index contributed by atoms with van der Waals surface area (Å²) in [7, 11) is 0. The highest BCUT2D eigenvalue weighted by atomic mass is 16.3. The van der Waals surface area contributed by atoms with E-state index in [-0.39, 0.29) is 13.4 Å². The van der Waals surface area contributed by atoms with Crippen LogP contribution in [0.25, 0.3) is 49.4 Å². The third kappa shape index (κ3) is 7.54. The van der Waals surface area contributed by atoms with E-state index in [1.54, 1.807) is 0 Å². The van der Waals surface area contributed by atoms with Gasteiger partial charge < -0.3 is 33.3 Å². The van der Waals surface area contributed by atoms with Crippen LogP contribution in [0.15, 0.2) is 318 Å². The fourth-order valence-electron chi connectivity index (χ4n) is 16.9. The number of furan rings is 2. The van der Waals surface area contributed by atoms with Crippen molar-refractivity contribution in [3.63, 3.8) is 0 Å². The molecule has 9 heteroatoms. The molecule has 0 bridgehead atoms. The first-order valence-electron chi connectivity index (χ1n) is 33.0. The van der Waals surface area contributed by atoms with Crippen molar-refractivity contribution in [2.24, 2.45) is 0 Å². The number of hydrogen-bond acceptors (Lipinski definition) is 7. The Balaban J connectivity index is 0.904. The number of nitrogens with zero attached hydrogens (tertiary/aromatic N) is 5. The molecule has 15 aromatic rings. The zero-order chi connectivity index (χ0) is 62.0. The second kappa shape index (κ2) is 20.2. The van der Waals surface area contributed by atoms with Crippen LogP contribution in [0.4, 0.5) is 85.3 Å². The van der Waals surface area contributed by atoms with Crippen LogP contribution in [-0.2, 0) is 12.8 Å². The van der Waals surface area contributed by atoms with E-state index in [1.165, 1.54) is 49.6 Å². The molecular formula is C86H55B2N5O2. The van der Waals surface area contributed by atoms with E-state index < -0.39 is 0 Å². The van der Waals surface area contributed by atoms with E-state index in [1.807, 2.05) is 0 Å². The lowest BCUT2D eigenvalue weighted by atomic mass is 9.32. The van der Waals surface area contributed by atoms with Gasteiger partial charge in [-0.15, -0.1) is 0 Å². The van der Waals surface area contributed by atoms with Gasteiger partial charge in [-0.2, -0.15) is 0 Å². The molecule has 0 radical (unpaired) electrons. The minimum Gasteiger partial charge on any atom is -0.468 e. The minimum atomic E-state index is -0.369. The summed E-state index contributed by atoms with van der Waals surface area (Å²) in [6.45, 7) is -0.725. The number of hydrogen-bond donors (Lipinski definition) is 0. The predicted molar refractivity (Wildman–Crippen MR) is 396 cm³/mol. The van der Waals surface area contributed by atoms with Crippen LogP contribution in [0.3, 0.4) is 0 Å². The molecule has 95 heavy (non-hydrogen) atoms. The second-order valence-corrected chi connectivity index (χ2v) is 25.7. The third-order valence-corrected chi connectivity index (χ3v) is 20.7. The Hall–Kier alpha value is -12.2. The van der Waals surface area contributed by atoms with Crippen molar-refractivity contribution in [1.82, 2.24) is 0 Å². The molecule has 0 saturated heterocycles. The number of benzene rings is 13. The summed E-state index contributed by atoms with van der Waals surface area (Å²) in [5.41, 5.74) is 31.9. The summed E-state index contributed by atoms with van der Waals surface area (Å²) in [5.74, 6) is 0. The molecule has 0 N–H and O–H groups in total. The fourth-order valence-corrected chi connectivity index (χ4v) is 16.9. The number of allylic oxidation sites excluding steroid dienone is 4. The van der Waals surface area contributed by atoms with Gasteiger partial charge in [-0.1, -0.05) is 176 Å². The summed E-state index contributed by atoms with van der Waals surface area (Å²) in [5, 5.41) is 4.77. The number of fused-ring (bicyclic) bond motifs is 12. The van der Waals surface area contributed by atoms with Crippen molar-refractivity contribution in [2.45, 2.75) is 12.8 Å². The maximum absolute atomic E-state index is 7.58. The highest BCUT2D eigenvalue weighted by Gasteiger charge is 2.52. The maximum atomic E-state index is 7.58. The van der Waals surface area contributed by atoms with E-state index in [0.717, 1.165) is 148 Å².